The molecule has 0 aliphatic carbocycles. The van der Waals surface area contributed by atoms with E-state index in [0.717, 1.165) is 12.8 Å². The number of hydrogen-bond donors (Lipinski definition) is 0. The smallest absolute Gasteiger partial charge is 0.410 e. The molecule has 0 radical (unpaired) electrons. The predicted molar refractivity (Wildman–Crippen MR) is 76.6 cm³/mol. The van der Waals surface area contributed by atoms with Crippen molar-refractivity contribution in [2.75, 3.05) is 19.7 Å². The highest BCUT2D eigenvalue weighted by molar-refractivity contribution is 5.81. The summed E-state index contributed by atoms with van der Waals surface area (Å²) in [4.78, 5) is 25.2. The monoisotopic (exact) mass is 285 g/mol. The fourth-order valence-corrected chi connectivity index (χ4v) is 1.93. The van der Waals surface area contributed by atoms with Gasteiger partial charge in [-0.1, -0.05) is 13.8 Å². The normalized spacial score (nSPS) is 20.1. The number of ketones is 1. The van der Waals surface area contributed by atoms with Crippen LogP contribution in [0.2, 0.25) is 0 Å². The molecule has 116 valence electrons. The molecule has 1 aliphatic rings. The Bertz CT molecular complexity index is 346. The Labute approximate surface area is 121 Å². The second-order valence-corrected chi connectivity index (χ2v) is 6.62. The number of carbonyl (C=O) groups excluding carboxylic acids is 2. The fraction of sp³-hybridized carbons (Fsp3) is 0.867. The van der Waals surface area contributed by atoms with Gasteiger partial charge in [-0.25, -0.2) is 4.79 Å². The van der Waals surface area contributed by atoms with E-state index in [1.165, 1.54) is 0 Å². The molecule has 0 aromatic heterocycles. The molecule has 20 heavy (non-hydrogen) atoms. The van der Waals surface area contributed by atoms with Crippen molar-refractivity contribution in [3.63, 3.8) is 0 Å². The number of rotatable bonds is 4. The molecule has 1 heterocycles. The van der Waals surface area contributed by atoms with E-state index in [2.05, 4.69) is 0 Å². The summed E-state index contributed by atoms with van der Waals surface area (Å²) in [7, 11) is 0. The van der Waals surface area contributed by atoms with E-state index >= 15 is 0 Å². The van der Waals surface area contributed by atoms with Crippen molar-refractivity contribution in [3.8, 4) is 0 Å². The lowest BCUT2D eigenvalue weighted by molar-refractivity contribution is -0.129. The van der Waals surface area contributed by atoms with Gasteiger partial charge in [0.1, 0.15) is 12.2 Å². The lowest BCUT2D eigenvalue weighted by Gasteiger charge is -2.34. The number of amides is 1. The van der Waals surface area contributed by atoms with Crippen LogP contribution in [0.3, 0.4) is 0 Å². The second kappa shape index (κ2) is 7.07. The molecule has 1 rings (SSSR count). The van der Waals surface area contributed by atoms with Crippen LogP contribution in [0.4, 0.5) is 4.79 Å². The molecule has 0 aromatic rings. The Morgan fingerprint density at radius 3 is 2.50 bits per heavy atom. The molecule has 0 spiro atoms. The third-order valence-electron chi connectivity index (χ3n) is 3.14. The summed E-state index contributed by atoms with van der Waals surface area (Å²) in [6.45, 7) is 10.6. The van der Waals surface area contributed by atoms with E-state index in [-0.39, 0.29) is 30.5 Å². The average Bonchev–Trinajstić information content (AvgIpc) is 2.34. The number of piperidine rings is 1. The fourth-order valence-electron chi connectivity index (χ4n) is 1.93. The lowest BCUT2D eigenvalue weighted by Crippen LogP contribution is -2.45. The van der Waals surface area contributed by atoms with Crippen molar-refractivity contribution in [3.05, 3.63) is 0 Å². The lowest BCUT2D eigenvalue weighted by atomic mass is 10.1. The molecule has 1 atom stereocenters. The van der Waals surface area contributed by atoms with Gasteiger partial charge in [0, 0.05) is 12.5 Å². The van der Waals surface area contributed by atoms with Crippen LogP contribution >= 0.6 is 0 Å². The molecule has 1 amide bonds. The number of carbonyl (C=O) groups is 2. The first kappa shape index (κ1) is 17.0. The van der Waals surface area contributed by atoms with Crippen LogP contribution in [0.1, 0.15) is 47.5 Å². The molecule has 0 unspecified atom stereocenters. The van der Waals surface area contributed by atoms with Gasteiger partial charge >= 0.3 is 6.09 Å². The maximum Gasteiger partial charge on any atom is 0.410 e. The van der Waals surface area contributed by atoms with E-state index in [1.807, 2.05) is 34.6 Å². The molecule has 5 heteroatoms. The van der Waals surface area contributed by atoms with Gasteiger partial charge in [0.25, 0.3) is 0 Å². The van der Waals surface area contributed by atoms with Crippen molar-refractivity contribution < 1.29 is 19.1 Å². The molecule has 0 saturated carbocycles. The molecule has 0 N–H and O–H groups in total. The van der Waals surface area contributed by atoms with E-state index in [0.29, 0.717) is 13.1 Å². The quantitative estimate of drug-likeness (QED) is 0.796. The van der Waals surface area contributed by atoms with Crippen LogP contribution in [0, 0.1) is 5.92 Å². The highest BCUT2D eigenvalue weighted by atomic mass is 16.6. The highest BCUT2D eigenvalue weighted by Gasteiger charge is 2.28. The maximum absolute atomic E-state index is 12.0. The second-order valence-electron chi connectivity index (χ2n) is 6.62. The zero-order valence-corrected chi connectivity index (χ0v) is 13.3. The maximum atomic E-state index is 12.0. The van der Waals surface area contributed by atoms with Crippen LogP contribution in [-0.2, 0) is 14.3 Å². The molecule has 0 bridgehead atoms. The van der Waals surface area contributed by atoms with Gasteiger partial charge in [-0.15, -0.1) is 0 Å². The molecular formula is C15H27NO4. The number of Topliss-reactive ketones (excluding diaryl/α,β-unsaturated/α-hetero) is 1. The van der Waals surface area contributed by atoms with Crippen LogP contribution in [-0.4, -0.2) is 48.2 Å². The summed E-state index contributed by atoms with van der Waals surface area (Å²) in [5.41, 5.74) is -0.488. The minimum absolute atomic E-state index is 0.0134. The summed E-state index contributed by atoms with van der Waals surface area (Å²) >= 11 is 0. The Kier molecular flexibility index (Phi) is 5.99. The largest absolute Gasteiger partial charge is 0.444 e. The summed E-state index contributed by atoms with van der Waals surface area (Å²) in [5.74, 6) is 0.0833. The minimum atomic E-state index is -0.488. The Balaban J connectivity index is 2.42. The molecule has 5 nitrogen and oxygen atoms in total. The van der Waals surface area contributed by atoms with Crippen LogP contribution in [0.5, 0.6) is 0 Å². The minimum Gasteiger partial charge on any atom is -0.444 e. The van der Waals surface area contributed by atoms with Crippen molar-refractivity contribution >= 4 is 11.9 Å². The summed E-state index contributed by atoms with van der Waals surface area (Å²) in [6, 6.07) is 0. The van der Waals surface area contributed by atoms with Gasteiger partial charge in [0.2, 0.25) is 0 Å². The van der Waals surface area contributed by atoms with Crippen molar-refractivity contribution in [2.24, 2.45) is 5.92 Å². The molecule has 1 saturated heterocycles. The first-order valence-electron chi connectivity index (χ1n) is 7.31. The number of ether oxygens (including phenoxy) is 2. The number of likely N-dealkylation sites (tertiary alicyclic amines) is 1. The van der Waals surface area contributed by atoms with E-state index in [9.17, 15) is 9.59 Å². The Morgan fingerprint density at radius 1 is 1.30 bits per heavy atom. The van der Waals surface area contributed by atoms with Gasteiger partial charge in [-0.3, -0.25) is 4.79 Å². The molecule has 1 fully saturated rings. The van der Waals surface area contributed by atoms with Crippen LogP contribution in [0.25, 0.3) is 0 Å². The SMILES string of the molecule is CC(C)C(=O)CO[C@@H]1CCCN(C(=O)OC(C)(C)C)C1. The van der Waals surface area contributed by atoms with Gasteiger partial charge in [0.05, 0.1) is 12.6 Å². The van der Waals surface area contributed by atoms with Gasteiger partial charge in [0.15, 0.2) is 5.78 Å². The first-order chi connectivity index (χ1) is 9.19. The standard InChI is InChI=1S/C15H27NO4/c1-11(2)13(17)10-19-12-7-6-8-16(9-12)14(18)20-15(3,4)5/h11-12H,6-10H2,1-5H3/t12-/m1/s1. The van der Waals surface area contributed by atoms with E-state index in [4.69, 9.17) is 9.47 Å². The topological polar surface area (TPSA) is 55.8 Å². The first-order valence-corrected chi connectivity index (χ1v) is 7.31. The van der Waals surface area contributed by atoms with Crippen LogP contribution < -0.4 is 0 Å². The van der Waals surface area contributed by atoms with Crippen molar-refractivity contribution in [2.45, 2.75) is 59.2 Å². The summed E-state index contributed by atoms with van der Waals surface area (Å²) in [6.07, 6.45) is 1.38. The Hall–Kier alpha value is -1.10. The van der Waals surface area contributed by atoms with Crippen molar-refractivity contribution in [1.29, 1.82) is 0 Å². The average molecular weight is 285 g/mol. The zero-order chi connectivity index (χ0) is 15.3. The van der Waals surface area contributed by atoms with E-state index in [1.54, 1.807) is 4.90 Å². The van der Waals surface area contributed by atoms with E-state index < -0.39 is 5.60 Å². The van der Waals surface area contributed by atoms with Crippen LogP contribution in [0.15, 0.2) is 0 Å². The molecular weight excluding hydrogens is 258 g/mol. The Morgan fingerprint density at radius 2 is 1.95 bits per heavy atom. The van der Waals surface area contributed by atoms with Gasteiger partial charge < -0.3 is 14.4 Å². The molecule has 0 aromatic carbocycles. The third-order valence-corrected chi connectivity index (χ3v) is 3.14. The number of nitrogens with zero attached hydrogens (tertiary/aromatic N) is 1. The van der Waals surface area contributed by atoms with Gasteiger partial charge in [-0.2, -0.15) is 0 Å². The zero-order valence-electron chi connectivity index (χ0n) is 13.3. The van der Waals surface area contributed by atoms with Crippen molar-refractivity contribution in [1.82, 2.24) is 4.90 Å². The highest BCUT2D eigenvalue weighted by Crippen LogP contribution is 2.17. The third kappa shape index (κ3) is 5.90. The molecule has 1 aliphatic heterocycles. The summed E-state index contributed by atoms with van der Waals surface area (Å²) < 4.78 is 11.0. The summed E-state index contributed by atoms with van der Waals surface area (Å²) in [5, 5.41) is 0. The predicted octanol–water partition coefficient (Wildman–Crippen LogP) is 2.63. The van der Waals surface area contributed by atoms with Gasteiger partial charge in [-0.05, 0) is 33.6 Å². The number of hydrogen-bond acceptors (Lipinski definition) is 4.